The van der Waals surface area contributed by atoms with Crippen LogP contribution in [-0.4, -0.2) is 30.0 Å². The summed E-state index contributed by atoms with van der Waals surface area (Å²) in [5.74, 6) is 0.924. The number of likely N-dealkylation sites (tertiary alicyclic amines) is 1. The zero-order valence-electron chi connectivity index (χ0n) is 9.35. The van der Waals surface area contributed by atoms with Crippen LogP contribution in [0.5, 0.6) is 5.75 Å². The number of benzene rings is 1. The van der Waals surface area contributed by atoms with E-state index in [1.165, 1.54) is 0 Å². The predicted molar refractivity (Wildman–Crippen MR) is 62.1 cm³/mol. The topological polar surface area (TPSA) is 55.6 Å². The highest BCUT2D eigenvalue weighted by molar-refractivity contribution is 5.73. The summed E-state index contributed by atoms with van der Waals surface area (Å²) in [5.41, 5.74) is 6.31. The molecule has 1 heterocycles. The summed E-state index contributed by atoms with van der Waals surface area (Å²) in [5, 5.41) is 0. The Morgan fingerprint density at radius 2 is 2.12 bits per heavy atom. The van der Waals surface area contributed by atoms with Gasteiger partial charge in [0.25, 0.3) is 0 Å². The molecule has 0 aliphatic carbocycles. The van der Waals surface area contributed by atoms with Gasteiger partial charge >= 0.3 is 0 Å². The first kappa shape index (κ1) is 10.8. The van der Waals surface area contributed by atoms with Gasteiger partial charge in [0.2, 0.25) is 5.91 Å². The van der Waals surface area contributed by atoms with E-state index in [0.29, 0.717) is 6.54 Å². The van der Waals surface area contributed by atoms with Crippen molar-refractivity contribution >= 4 is 11.6 Å². The predicted octanol–water partition coefficient (Wildman–Crippen LogP) is 1.27. The number of hydrogen-bond donors (Lipinski definition) is 1. The monoisotopic (exact) mass is 220 g/mol. The van der Waals surface area contributed by atoms with Crippen LogP contribution >= 0.6 is 0 Å². The van der Waals surface area contributed by atoms with Gasteiger partial charge in [0, 0.05) is 25.6 Å². The molecule has 4 heteroatoms. The third-order valence-corrected chi connectivity index (χ3v) is 2.77. The highest BCUT2D eigenvalue weighted by atomic mass is 16.5. The maximum atomic E-state index is 11.1. The van der Waals surface area contributed by atoms with E-state index in [1.807, 2.05) is 29.2 Å². The maximum Gasteiger partial charge on any atom is 0.219 e. The second kappa shape index (κ2) is 4.43. The molecular weight excluding hydrogens is 204 g/mol. The van der Waals surface area contributed by atoms with Crippen LogP contribution in [0.2, 0.25) is 0 Å². The fourth-order valence-electron chi connectivity index (χ4n) is 1.85. The number of nitrogens with two attached hydrogens (primary N) is 1. The highest BCUT2D eigenvalue weighted by Gasteiger charge is 2.25. The molecule has 16 heavy (non-hydrogen) atoms. The van der Waals surface area contributed by atoms with Crippen molar-refractivity contribution in [2.45, 2.75) is 19.4 Å². The number of nitrogens with zero attached hydrogens (tertiary/aromatic N) is 1. The van der Waals surface area contributed by atoms with E-state index in [1.54, 1.807) is 6.92 Å². The zero-order valence-corrected chi connectivity index (χ0v) is 9.35. The average Bonchev–Trinajstić information content (AvgIpc) is 2.70. The maximum absolute atomic E-state index is 11.1. The molecule has 2 N–H and O–H groups in total. The van der Waals surface area contributed by atoms with E-state index < -0.39 is 0 Å². The van der Waals surface area contributed by atoms with E-state index >= 15 is 0 Å². The summed E-state index contributed by atoms with van der Waals surface area (Å²) in [6, 6.07) is 7.33. The summed E-state index contributed by atoms with van der Waals surface area (Å²) in [6.45, 7) is 3.06. The second-order valence-corrected chi connectivity index (χ2v) is 4.06. The lowest BCUT2D eigenvalue weighted by atomic mass is 10.3. The summed E-state index contributed by atoms with van der Waals surface area (Å²) < 4.78 is 5.76. The quantitative estimate of drug-likeness (QED) is 0.763. The van der Waals surface area contributed by atoms with Crippen molar-refractivity contribution in [1.29, 1.82) is 0 Å². The number of carbonyl (C=O) groups excluding carboxylic acids is 1. The standard InChI is InChI=1S/C12H16N2O2/c1-9(15)14-7-6-12(8-14)16-11-4-2-10(13)3-5-11/h2-5,12H,6-8,13H2,1H3. The summed E-state index contributed by atoms with van der Waals surface area (Å²) in [6.07, 6.45) is 0.997. The Bertz CT molecular complexity index is 375. The van der Waals surface area contributed by atoms with Crippen LogP contribution in [0.3, 0.4) is 0 Å². The van der Waals surface area contributed by atoms with Gasteiger partial charge in [0.1, 0.15) is 11.9 Å². The van der Waals surface area contributed by atoms with Crippen molar-refractivity contribution in [3.63, 3.8) is 0 Å². The molecule has 86 valence electrons. The Kier molecular flexibility index (Phi) is 2.99. The van der Waals surface area contributed by atoms with E-state index in [2.05, 4.69) is 0 Å². The molecule has 0 spiro atoms. The Morgan fingerprint density at radius 3 is 2.69 bits per heavy atom. The minimum atomic E-state index is 0.104. The molecule has 0 aromatic heterocycles. The average molecular weight is 220 g/mol. The van der Waals surface area contributed by atoms with Gasteiger partial charge in [-0.25, -0.2) is 0 Å². The van der Waals surface area contributed by atoms with Crippen molar-refractivity contribution in [3.8, 4) is 5.75 Å². The molecule has 1 amide bonds. The van der Waals surface area contributed by atoms with Crippen LogP contribution in [0.1, 0.15) is 13.3 Å². The van der Waals surface area contributed by atoms with E-state index in [0.717, 1.165) is 24.4 Å². The molecule has 1 aliphatic heterocycles. The van der Waals surface area contributed by atoms with Gasteiger partial charge in [-0.15, -0.1) is 0 Å². The Hall–Kier alpha value is -1.71. The van der Waals surface area contributed by atoms with Crippen molar-refractivity contribution < 1.29 is 9.53 Å². The van der Waals surface area contributed by atoms with E-state index in [9.17, 15) is 4.79 Å². The van der Waals surface area contributed by atoms with Gasteiger partial charge in [-0.1, -0.05) is 0 Å². The molecule has 1 aliphatic rings. The van der Waals surface area contributed by atoms with Crippen LogP contribution in [0, 0.1) is 0 Å². The number of hydrogen-bond acceptors (Lipinski definition) is 3. The molecule has 1 aromatic rings. The molecule has 0 bridgehead atoms. The van der Waals surface area contributed by atoms with Gasteiger partial charge in [-0.3, -0.25) is 4.79 Å². The first-order valence-electron chi connectivity index (χ1n) is 5.43. The molecule has 4 nitrogen and oxygen atoms in total. The van der Waals surface area contributed by atoms with Crippen molar-refractivity contribution in [2.24, 2.45) is 0 Å². The molecule has 1 saturated heterocycles. The van der Waals surface area contributed by atoms with Gasteiger partial charge < -0.3 is 15.4 Å². The molecule has 0 radical (unpaired) electrons. The molecule has 1 fully saturated rings. The van der Waals surface area contributed by atoms with Gasteiger partial charge in [-0.2, -0.15) is 0 Å². The number of rotatable bonds is 2. The largest absolute Gasteiger partial charge is 0.489 e. The molecule has 1 unspecified atom stereocenters. The molecule has 0 saturated carbocycles. The minimum Gasteiger partial charge on any atom is -0.489 e. The zero-order chi connectivity index (χ0) is 11.5. The van der Waals surface area contributed by atoms with Crippen molar-refractivity contribution in [2.75, 3.05) is 18.8 Å². The smallest absolute Gasteiger partial charge is 0.219 e. The summed E-state index contributed by atoms with van der Waals surface area (Å²) in [7, 11) is 0. The highest BCUT2D eigenvalue weighted by Crippen LogP contribution is 2.19. The third kappa shape index (κ3) is 2.45. The van der Waals surface area contributed by atoms with Crippen molar-refractivity contribution in [1.82, 2.24) is 4.90 Å². The van der Waals surface area contributed by atoms with Crippen LogP contribution in [0.25, 0.3) is 0 Å². The Labute approximate surface area is 95.0 Å². The number of anilines is 1. The molecule has 1 aromatic carbocycles. The Balaban J connectivity index is 1.92. The van der Waals surface area contributed by atoms with Gasteiger partial charge in [-0.05, 0) is 24.3 Å². The summed E-state index contributed by atoms with van der Waals surface area (Å²) >= 11 is 0. The lowest BCUT2D eigenvalue weighted by molar-refractivity contribution is -0.128. The number of nitrogen functional groups attached to an aromatic ring is 1. The van der Waals surface area contributed by atoms with Gasteiger partial charge in [0.15, 0.2) is 0 Å². The lowest BCUT2D eigenvalue weighted by Crippen LogP contribution is -2.28. The van der Waals surface area contributed by atoms with Crippen LogP contribution in [-0.2, 0) is 4.79 Å². The Morgan fingerprint density at radius 1 is 1.44 bits per heavy atom. The van der Waals surface area contributed by atoms with Crippen LogP contribution < -0.4 is 10.5 Å². The number of carbonyl (C=O) groups is 1. The molecular formula is C12H16N2O2. The molecule has 2 rings (SSSR count). The normalized spacial score (nSPS) is 19.8. The van der Waals surface area contributed by atoms with Gasteiger partial charge in [0.05, 0.1) is 6.54 Å². The summed E-state index contributed by atoms with van der Waals surface area (Å²) in [4.78, 5) is 13.0. The fourth-order valence-corrected chi connectivity index (χ4v) is 1.85. The number of ether oxygens (including phenoxy) is 1. The second-order valence-electron chi connectivity index (χ2n) is 4.06. The van der Waals surface area contributed by atoms with E-state index in [4.69, 9.17) is 10.5 Å². The number of amides is 1. The van der Waals surface area contributed by atoms with E-state index in [-0.39, 0.29) is 12.0 Å². The lowest BCUT2D eigenvalue weighted by Gasteiger charge is -2.15. The SMILES string of the molecule is CC(=O)N1CCC(Oc2ccc(N)cc2)C1. The third-order valence-electron chi connectivity index (χ3n) is 2.77. The molecule has 1 atom stereocenters. The first-order valence-corrected chi connectivity index (χ1v) is 5.43. The van der Waals surface area contributed by atoms with Crippen LogP contribution in [0.4, 0.5) is 5.69 Å². The fraction of sp³-hybridized carbons (Fsp3) is 0.417. The van der Waals surface area contributed by atoms with Crippen LogP contribution in [0.15, 0.2) is 24.3 Å². The minimum absolute atomic E-state index is 0.104. The first-order chi connectivity index (χ1) is 7.65. The van der Waals surface area contributed by atoms with Crippen molar-refractivity contribution in [3.05, 3.63) is 24.3 Å².